The number of anilines is 1. The van der Waals surface area contributed by atoms with Gasteiger partial charge in [-0.25, -0.2) is 0 Å². The summed E-state index contributed by atoms with van der Waals surface area (Å²) in [5, 5.41) is 3.09. The molecule has 1 N–H and O–H groups in total. The van der Waals surface area contributed by atoms with E-state index in [2.05, 4.69) is 5.32 Å². The molecule has 1 atom stereocenters. The number of para-hydroxylation sites is 2. The Morgan fingerprint density at radius 2 is 2.27 bits per heavy atom. The lowest BCUT2D eigenvalue weighted by Crippen LogP contribution is -2.58. The van der Waals surface area contributed by atoms with Crippen LogP contribution in [0.5, 0.6) is 5.75 Å². The summed E-state index contributed by atoms with van der Waals surface area (Å²) in [6.45, 7) is 1.81. The number of fused-ring (bicyclic) bond motifs is 3. The Morgan fingerprint density at radius 3 is 3.20 bits per heavy atom. The largest absolute Gasteiger partial charge is 0.489 e. The first kappa shape index (κ1) is 8.73. The smallest absolute Gasteiger partial charge is 0.241 e. The van der Waals surface area contributed by atoms with E-state index in [0.717, 1.165) is 18.0 Å². The summed E-state index contributed by atoms with van der Waals surface area (Å²) in [6, 6.07) is 7.83. The third kappa shape index (κ3) is 1.29. The Labute approximate surface area is 87.8 Å². The molecule has 0 saturated carbocycles. The van der Waals surface area contributed by atoms with E-state index in [1.807, 2.05) is 29.2 Å². The summed E-state index contributed by atoms with van der Waals surface area (Å²) < 4.78 is 5.61. The van der Waals surface area contributed by atoms with Crippen molar-refractivity contribution in [3.8, 4) is 5.75 Å². The molecule has 2 heterocycles. The van der Waals surface area contributed by atoms with Crippen LogP contribution in [0.4, 0.5) is 5.69 Å². The van der Waals surface area contributed by atoms with Crippen molar-refractivity contribution in [1.82, 2.24) is 5.32 Å². The van der Waals surface area contributed by atoms with Gasteiger partial charge in [0.15, 0.2) is 0 Å². The third-order valence-corrected chi connectivity index (χ3v) is 2.85. The van der Waals surface area contributed by atoms with E-state index in [9.17, 15) is 4.79 Å². The van der Waals surface area contributed by atoms with Crippen LogP contribution in [0.1, 0.15) is 0 Å². The van der Waals surface area contributed by atoms with Crippen LogP contribution >= 0.6 is 0 Å². The zero-order chi connectivity index (χ0) is 10.3. The Hall–Kier alpha value is -1.55. The van der Waals surface area contributed by atoms with Crippen LogP contribution in [0.25, 0.3) is 0 Å². The number of nitrogens with zero attached hydrogens (tertiary/aromatic N) is 1. The maximum atomic E-state index is 11.8. The second kappa shape index (κ2) is 3.24. The molecular weight excluding hydrogens is 192 g/mol. The van der Waals surface area contributed by atoms with Gasteiger partial charge in [0.25, 0.3) is 0 Å². The van der Waals surface area contributed by atoms with E-state index in [1.54, 1.807) is 0 Å². The summed E-state index contributed by atoms with van der Waals surface area (Å²) in [5.74, 6) is 0.936. The van der Waals surface area contributed by atoms with Gasteiger partial charge < -0.3 is 15.0 Å². The van der Waals surface area contributed by atoms with Crippen molar-refractivity contribution in [2.75, 3.05) is 24.6 Å². The minimum Gasteiger partial charge on any atom is -0.489 e. The summed E-state index contributed by atoms with van der Waals surface area (Å²) in [7, 11) is 0. The van der Waals surface area contributed by atoms with Crippen molar-refractivity contribution >= 4 is 11.6 Å². The highest BCUT2D eigenvalue weighted by Crippen LogP contribution is 2.33. The van der Waals surface area contributed by atoms with E-state index in [-0.39, 0.29) is 11.9 Å². The van der Waals surface area contributed by atoms with E-state index in [0.29, 0.717) is 13.2 Å². The molecule has 78 valence electrons. The topological polar surface area (TPSA) is 41.6 Å². The molecule has 1 amide bonds. The molecule has 15 heavy (non-hydrogen) atoms. The minimum absolute atomic E-state index is 0.127. The molecule has 4 nitrogen and oxygen atoms in total. The number of ether oxygens (including phenoxy) is 1. The minimum atomic E-state index is 0.127. The molecule has 2 aliphatic rings. The quantitative estimate of drug-likeness (QED) is 0.664. The van der Waals surface area contributed by atoms with Gasteiger partial charge in [-0.15, -0.1) is 0 Å². The normalized spacial score (nSPS) is 24.1. The van der Waals surface area contributed by atoms with Gasteiger partial charge >= 0.3 is 0 Å². The molecule has 2 aliphatic heterocycles. The van der Waals surface area contributed by atoms with E-state index < -0.39 is 0 Å². The molecule has 1 saturated heterocycles. The van der Waals surface area contributed by atoms with Crippen LogP contribution in [-0.4, -0.2) is 31.6 Å². The Kier molecular flexibility index (Phi) is 1.89. The van der Waals surface area contributed by atoms with Gasteiger partial charge in [-0.05, 0) is 12.1 Å². The third-order valence-electron chi connectivity index (χ3n) is 2.85. The van der Waals surface area contributed by atoms with Crippen LogP contribution in [0.2, 0.25) is 0 Å². The van der Waals surface area contributed by atoms with Gasteiger partial charge in [-0.3, -0.25) is 4.79 Å². The van der Waals surface area contributed by atoms with Gasteiger partial charge in [-0.2, -0.15) is 0 Å². The second-order valence-electron chi connectivity index (χ2n) is 3.83. The van der Waals surface area contributed by atoms with Crippen LogP contribution in [0.3, 0.4) is 0 Å². The zero-order valence-electron chi connectivity index (χ0n) is 8.27. The van der Waals surface area contributed by atoms with Gasteiger partial charge in [0.2, 0.25) is 5.91 Å². The van der Waals surface area contributed by atoms with E-state index >= 15 is 0 Å². The number of carbonyl (C=O) groups is 1. The zero-order valence-corrected chi connectivity index (χ0v) is 8.27. The number of hydrogen-bond donors (Lipinski definition) is 1. The Bertz CT molecular complexity index is 405. The van der Waals surface area contributed by atoms with Gasteiger partial charge in [0, 0.05) is 6.54 Å². The van der Waals surface area contributed by atoms with Crippen molar-refractivity contribution in [2.24, 2.45) is 0 Å². The molecule has 1 aromatic carbocycles. The van der Waals surface area contributed by atoms with Crippen molar-refractivity contribution in [3.63, 3.8) is 0 Å². The molecule has 1 unspecified atom stereocenters. The van der Waals surface area contributed by atoms with Gasteiger partial charge in [-0.1, -0.05) is 12.1 Å². The number of piperazine rings is 1. The molecule has 0 spiro atoms. The number of nitrogens with one attached hydrogen (secondary N) is 1. The monoisotopic (exact) mass is 204 g/mol. The molecule has 1 aromatic rings. The molecule has 0 aromatic heterocycles. The maximum Gasteiger partial charge on any atom is 0.241 e. The number of rotatable bonds is 0. The average Bonchev–Trinajstić information content (AvgIpc) is 2.29. The lowest BCUT2D eigenvalue weighted by atomic mass is 10.1. The fourth-order valence-corrected chi connectivity index (χ4v) is 2.15. The highest BCUT2D eigenvalue weighted by Gasteiger charge is 2.34. The lowest BCUT2D eigenvalue weighted by Gasteiger charge is -2.40. The maximum absolute atomic E-state index is 11.8. The first-order valence-electron chi connectivity index (χ1n) is 5.11. The number of amides is 1. The van der Waals surface area contributed by atoms with Crippen LogP contribution in [0.15, 0.2) is 24.3 Å². The Balaban J connectivity index is 2.06. The molecule has 3 rings (SSSR count). The number of benzene rings is 1. The Morgan fingerprint density at radius 1 is 1.40 bits per heavy atom. The predicted molar refractivity (Wildman–Crippen MR) is 56.1 cm³/mol. The number of hydrogen-bond acceptors (Lipinski definition) is 3. The van der Waals surface area contributed by atoms with Crippen LogP contribution < -0.4 is 15.0 Å². The fourth-order valence-electron chi connectivity index (χ4n) is 2.15. The SMILES string of the molecule is O=C1CNCC2COc3ccccc3N12. The summed E-state index contributed by atoms with van der Waals surface area (Å²) in [4.78, 5) is 13.7. The fraction of sp³-hybridized carbons (Fsp3) is 0.364. The summed E-state index contributed by atoms with van der Waals surface area (Å²) in [5.41, 5.74) is 0.903. The van der Waals surface area contributed by atoms with Gasteiger partial charge in [0.05, 0.1) is 18.3 Å². The molecule has 0 aliphatic carbocycles. The predicted octanol–water partition coefficient (Wildman–Crippen LogP) is 0.384. The van der Waals surface area contributed by atoms with Crippen molar-refractivity contribution in [2.45, 2.75) is 6.04 Å². The summed E-state index contributed by atoms with van der Waals surface area (Å²) >= 11 is 0. The van der Waals surface area contributed by atoms with Crippen LogP contribution in [-0.2, 0) is 4.79 Å². The van der Waals surface area contributed by atoms with Gasteiger partial charge in [0.1, 0.15) is 12.4 Å². The molecule has 0 bridgehead atoms. The molecule has 0 radical (unpaired) electrons. The van der Waals surface area contributed by atoms with E-state index in [1.165, 1.54) is 0 Å². The molecule has 4 heteroatoms. The van der Waals surface area contributed by atoms with Crippen molar-refractivity contribution in [3.05, 3.63) is 24.3 Å². The first-order chi connectivity index (χ1) is 7.36. The first-order valence-corrected chi connectivity index (χ1v) is 5.11. The van der Waals surface area contributed by atoms with Crippen molar-refractivity contribution in [1.29, 1.82) is 0 Å². The molecule has 1 fully saturated rings. The average molecular weight is 204 g/mol. The van der Waals surface area contributed by atoms with Crippen LogP contribution in [0, 0.1) is 0 Å². The van der Waals surface area contributed by atoms with E-state index in [4.69, 9.17) is 4.74 Å². The highest BCUT2D eigenvalue weighted by molar-refractivity contribution is 5.98. The molecular formula is C11H12N2O2. The standard InChI is InChI=1S/C11H12N2O2/c14-11-6-12-5-8-7-15-10-4-2-1-3-9(10)13(8)11/h1-4,8,12H,5-7H2. The lowest BCUT2D eigenvalue weighted by molar-refractivity contribution is -0.119. The highest BCUT2D eigenvalue weighted by atomic mass is 16.5. The number of carbonyl (C=O) groups excluding carboxylic acids is 1. The van der Waals surface area contributed by atoms with Crippen molar-refractivity contribution < 1.29 is 9.53 Å². The second-order valence-corrected chi connectivity index (χ2v) is 3.83. The summed E-state index contributed by atoms with van der Waals surface area (Å²) in [6.07, 6.45) is 0.